The predicted octanol–water partition coefficient (Wildman–Crippen LogP) is 4.19. The van der Waals surface area contributed by atoms with E-state index in [1.54, 1.807) is 74.1 Å². The topological polar surface area (TPSA) is 95.5 Å². The highest BCUT2D eigenvalue weighted by Gasteiger charge is 2.45. The second-order valence-electron chi connectivity index (χ2n) is 7.15. The number of carboxylic acid groups (broad SMARTS) is 1. The van der Waals surface area contributed by atoms with Crippen molar-refractivity contribution in [3.05, 3.63) is 77.3 Å². The maximum atomic E-state index is 13.1. The van der Waals surface area contributed by atoms with Gasteiger partial charge in [0.05, 0.1) is 25.4 Å². The molecule has 0 fully saturated rings. The van der Waals surface area contributed by atoms with Gasteiger partial charge in [-0.25, -0.2) is 4.98 Å². The van der Waals surface area contributed by atoms with Gasteiger partial charge in [0.1, 0.15) is 5.75 Å². The number of nitrogens with one attached hydrogen (secondary N) is 1. The number of H-pyrrole nitrogens is 1. The van der Waals surface area contributed by atoms with Gasteiger partial charge in [0.25, 0.3) is 5.91 Å². The Labute approximate surface area is 179 Å². The Morgan fingerprint density at radius 3 is 2.53 bits per heavy atom. The molecule has 7 nitrogen and oxygen atoms in total. The summed E-state index contributed by atoms with van der Waals surface area (Å²) in [5.41, 5.74) is 1.22. The fraction of sp³-hybridized carbons (Fsp3) is 0.227. The molecular formula is C22H22ClN3O4. The van der Waals surface area contributed by atoms with Crippen LogP contribution in [0.25, 0.3) is 0 Å². The zero-order chi connectivity index (χ0) is 21.7. The second kappa shape index (κ2) is 9.00. The third kappa shape index (κ3) is 4.63. The Hall–Kier alpha value is -3.32. The first-order chi connectivity index (χ1) is 14.3. The number of anilines is 1. The molecule has 1 aromatic heterocycles. The summed E-state index contributed by atoms with van der Waals surface area (Å²) in [6.07, 6.45) is 5.38. The molecule has 1 atom stereocenters. The van der Waals surface area contributed by atoms with Crippen molar-refractivity contribution in [2.45, 2.75) is 25.3 Å². The van der Waals surface area contributed by atoms with Crippen LogP contribution in [0.4, 0.5) is 5.69 Å². The number of nitrogens with zero attached hydrogens (tertiary/aromatic N) is 2. The van der Waals surface area contributed by atoms with Crippen LogP contribution in [0.3, 0.4) is 0 Å². The van der Waals surface area contributed by atoms with E-state index >= 15 is 0 Å². The number of rotatable bonds is 4. The molecule has 8 heteroatoms. The van der Waals surface area contributed by atoms with Gasteiger partial charge in [0.2, 0.25) is 0 Å². The molecule has 1 aliphatic heterocycles. The standard InChI is InChI=1S/C19H18ClNO4.C3H4N2/c1-19(11-17(22)23)10-13-9-15(25-2)7-8-16(13)21(19)18(24)12-3-5-14(20)6-4-12;1-2-5-3-4-1/h3-9H,10-11H2,1-2H3,(H,22,23);1-3H,(H,4,5). The number of hydrogen-bond donors (Lipinski definition) is 2. The number of carbonyl (C=O) groups excluding carboxylic acids is 1. The largest absolute Gasteiger partial charge is 0.497 e. The Morgan fingerprint density at radius 2 is 2.00 bits per heavy atom. The summed E-state index contributed by atoms with van der Waals surface area (Å²) < 4.78 is 5.25. The molecule has 156 valence electrons. The number of ether oxygens (including phenoxy) is 1. The van der Waals surface area contributed by atoms with Crippen molar-refractivity contribution in [2.24, 2.45) is 0 Å². The van der Waals surface area contributed by atoms with Crippen molar-refractivity contribution in [3.63, 3.8) is 0 Å². The van der Waals surface area contributed by atoms with E-state index in [2.05, 4.69) is 9.97 Å². The average molecular weight is 428 g/mol. The van der Waals surface area contributed by atoms with Crippen molar-refractivity contribution >= 4 is 29.2 Å². The van der Waals surface area contributed by atoms with Crippen LogP contribution in [-0.4, -0.2) is 39.6 Å². The van der Waals surface area contributed by atoms with Gasteiger partial charge in [-0.15, -0.1) is 0 Å². The Bertz CT molecular complexity index is 1000. The van der Waals surface area contributed by atoms with E-state index in [1.165, 1.54) is 0 Å². The minimum absolute atomic E-state index is 0.149. The van der Waals surface area contributed by atoms with Crippen LogP contribution in [-0.2, 0) is 11.2 Å². The SMILES string of the molecule is COc1ccc2c(c1)CC(C)(CC(=O)O)N2C(=O)c1ccc(Cl)cc1.c1c[nH]cn1. The lowest BCUT2D eigenvalue weighted by molar-refractivity contribution is -0.138. The van der Waals surface area contributed by atoms with Crippen LogP contribution in [0.2, 0.25) is 5.02 Å². The van der Waals surface area contributed by atoms with Crippen molar-refractivity contribution in [2.75, 3.05) is 12.0 Å². The molecule has 2 N–H and O–H groups in total. The van der Waals surface area contributed by atoms with Gasteiger partial charge in [-0.2, -0.15) is 0 Å². The highest BCUT2D eigenvalue weighted by atomic mass is 35.5. The Morgan fingerprint density at radius 1 is 1.27 bits per heavy atom. The molecule has 0 saturated heterocycles. The first kappa shape index (κ1) is 21.4. The highest BCUT2D eigenvalue weighted by molar-refractivity contribution is 6.30. The van der Waals surface area contributed by atoms with Gasteiger partial charge in [-0.05, 0) is 61.4 Å². The van der Waals surface area contributed by atoms with E-state index in [9.17, 15) is 14.7 Å². The van der Waals surface area contributed by atoms with Gasteiger partial charge in [0, 0.05) is 28.7 Å². The van der Waals surface area contributed by atoms with Crippen molar-refractivity contribution < 1.29 is 19.4 Å². The number of aromatic nitrogens is 2. The Balaban J connectivity index is 0.000000448. The molecule has 30 heavy (non-hydrogen) atoms. The van der Waals surface area contributed by atoms with Crippen molar-refractivity contribution in [1.82, 2.24) is 9.97 Å². The maximum Gasteiger partial charge on any atom is 0.305 e. The molecule has 4 rings (SSSR count). The fourth-order valence-electron chi connectivity index (χ4n) is 3.59. The zero-order valence-corrected chi connectivity index (χ0v) is 17.4. The molecule has 3 aromatic rings. The number of fused-ring (bicyclic) bond motifs is 1. The van der Waals surface area contributed by atoms with Crippen LogP contribution in [0.15, 0.2) is 61.2 Å². The fourth-order valence-corrected chi connectivity index (χ4v) is 3.71. The van der Waals surface area contributed by atoms with E-state index in [1.807, 2.05) is 6.07 Å². The third-order valence-electron chi connectivity index (χ3n) is 4.87. The van der Waals surface area contributed by atoms with E-state index in [4.69, 9.17) is 16.3 Å². The van der Waals surface area contributed by atoms with Crippen molar-refractivity contribution in [3.8, 4) is 5.75 Å². The van der Waals surface area contributed by atoms with E-state index in [0.29, 0.717) is 28.4 Å². The summed E-state index contributed by atoms with van der Waals surface area (Å²) in [6, 6.07) is 12.0. The summed E-state index contributed by atoms with van der Waals surface area (Å²) in [5.74, 6) is -0.516. The van der Waals surface area contributed by atoms with Gasteiger partial charge < -0.3 is 19.7 Å². The van der Waals surface area contributed by atoms with Crippen LogP contribution >= 0.6 is 11.6 Å². The van der Waals surface area contributed by atoms with Gasteiger partial charge >= 0.3 is 5.97 Å². The van der Waals surface area contributed by atoms with Crippen LogP contribution < -0.4 is 9.64 Å². The normalized spacial score (nSPS) is 17.0. The quantitative estimate of drug-likeness (QED) is 0.650. The number of carboxylic acids is 1. The summed E-state index contributed by atoms with van der Waals surface area (Å²) in [4.78, 5) is 32.5. The predicted molar refractivity (Wildman–Crippen MR) is 114 cm³/mol. The van der Waals surface area contributed by atoms with E-state index < -0.39 is 11.5 Å². The number of carbonyl (C=O) groups is 2. The smallest absolute Gasteiger partial charge is 0.305 e. The molecule has 0 bridgehead atoms. The second-order valence-corrected chi connectivity index (χ2v) is 7.58. The number of benzene rings is 2. The van der Waals surface area contributed by atoms with Gasteiger partial charge in [-0.1, -0.05) is 11.6 Å². The Kier molecular flexibility index (Phi) is 6.42. The summed E-state index contributed by atoms with van der Waals surface area (Å²) in [5, 5.41) is 9.88. The summed E-state index contributed by atoms with van der Waals surface area (Å²) in [7, 11) is 1.57. The molecule has 0 aliphatic carbocycles. The number of methoxy groups -OCH3 is 1. The van der Waals surface area contributed by atoms with Crippen LogP contribution in [0, 0.1) is 0 Å². The maximum absolute atomic E-state index is 13.1. The molecule has 2 heterocycles. The molecule has 1 unspecified atom stereocenters. The molecule has 0 saturated carbocycles. The van der Waals surface area contributed by atoms with Gasteiger partial charge in [0.15, 0.2) is 0 Å². The molecular weight excluding hydrogens is 406 g/mol. The number of halogens is 1. The lowest BCUT2D eigenvalue weighted by Gasteiger charge is -2.34. The lowest BCUT2D eigenvalue weighted by Crippen LogP contribution is -2.49. The number of hydrogen-bond acceptors (Lipinski definition) is 4. The van der Waals surface area contributed by atoms with Gasteiger partial charge in [-0.3, -0.25) is 9.59 Å². The van der Waals surface area contributed by atoms with E-state index in [0.717, 1.165) is 5.56 Å². The molecule has 2 aromatic carbocycles. The minimum atomic E-state index is -0.948. The lowest BCUT2D eigenvalue weighted by atomic mass is 9.92. The number of aliphatic carboxylic acids is 1. The van der Waals surface area contributed by atoms with Crippen LogP contribution in [0.1, 0.15) is 29.3 Å². The summed E-state index contributed by atoms with van der Waals surface area (Å²) >= 11 is 5.90. The molecule has 0 spiro atoms. The minimum Gasteiger partial charge on any atom is -0.497 e. The first-order valence-electron chi connectivity index (χ1n) is 9.25. The highest BCUT2D eigenvalue weighted by Crippen LogP contribution is 2.43. The monoisotopic (exact) mass is 427 g/mol. The van der Waals surface area contributed by atoms with Crippen LogP contribution in [0.5, 0.6) is 5.75 Å². The summed E-state index contributed by atoms with van der Waals surface area (Å²) in [6.45, 7) is 1.79. The number of imidazole rings is 1. The average Bonchev–Trinajstić information content (AvgIpc) is 3.36. The van der Waals surface area contributed by atoms with E-state index in [-0.39, 0.29) is 12.3 Å². The number of amides is 1. The number of aromatic amines is 1. The molecule has 1 amide bonds. The first-order valence-corrected chi connectivity index (χ1v) is 9.63. The molecule has 0 radical (unpaired) electrons. The third-order valence-corrected chi connectivity index (χ3v) is 5.12. The molecule has 1 aliphatic rings. The van der Waals surface area contributed by atoms with Crippen molar-refractivity contribution in [1.29, 1.82) is 0 Å². The zero-order valence-electron chi connectivity index (χ0n) is 16.6.